The SMILES string of the molecule is c1cc(CCN2CCCCC2)[nH]n1. The van der Waals surface area contributed by atoms with E-state index in [1.165, 1.54) is 44.6 Å². The first kappa shape index (κ1) is 8.75. The lowest BCUT2D eigenvalue weighted by molar-refractivity contribution is 0.231. The summed E-state index contributed by atoms with van der Waals surface area (Å²) in [5.74, 6) is 0. The van der Waals surface area contributed by atoms with Gasteiger partial charge in [-0.2, -0.15) is 5.10 Å². The molecular weight excluding hydrogens is 162 g/mol. The number of hydrogen-bond donors (Lipinski definition) is 1. The summed E-state index contributed by atoms with van der Waals surface area (Å²) in [5.41, 5.74) is 1.26. The van der Waals surface area contributed by atoms with Crippen molar-refractivity contribution in [1.82, 2.24) is 15.1 Å². The fourth-order valence-electron chi connectivity index (χ4n) is 1.89. The summed E-state index contributed by atoms with van der Waals surface area (Å²) >= 11 is 0. The van der Waals surface area contributed by atoms with E-state index < -0.39 is 0 Å². The maximum absolute atomic E-state index is 3.94. The molecule has 0 atom stereocenters. The Bertz CT molecular complexity index is 224. The summed E-state index contributed by atoms with van der Waals surface area (Å²) in [6, 6.07) is 2.06. The summed E-state index contributed by atoms with van der Waals surface area (Å²) in [6.45, 7) is 3.75. The number of aromatic amines is 1. The van der Waals surface area contributed by atoms with Crippen molar-refractivity contribution in [3.63, 3.8) is 0 Å². The predicted molar refractivity (Wildman–Crippen MR) is 52.6 cm³/mol. The summed E-state index contributed by atoms with van der Waals surface area (Å²) in [5, 5.41) is 6.94. The molecular formula is C10H17N3. The first-order chi connectivity index (χ1) is 6.45. The van der Waals surface area contributed by atoms with Crippen molar-refractivity contribution in [3.05, 3.63) is 18.0 Å². The van der Waals surface area contributed by atoms with Crippen LogP contribution in [0.1, 0.15) is 25.0 Å². The Balaban J connectivity index is 1.72. The van der Waals surface area contributed by atoms with Crippen LogP contribution in [0.15, 0.2) is 12.3 Å². The third-order valence-corrected chi connectivity index (χ3v) is 2.70. The molecule has 1 saturated heterocycles. The average molecular weight is 179 g/mol. The van der Waals surface area contributed by atoms with Crippen LogP contribution < -0.4 is 0 Å². The Morgan fingerprint density at radius 2 is 2.15 bits per heavy atom. The lowest BCUT2D eigenvalue weighted by atomic mass is 10.1. The molecule has 2 heterocycles. The monoisotopic (exact) mass is 179 g/mol. The van der Waals surface area contributed by atoms with Crippen molar-refractivity contribution in [2.45, 2.75) is 25.7 Å². The quantitative estimate of drug-likeness (QED) is 0.761. The largest absolute Gasteiger partial charge is 0.303 e. The maximum Gasteiger partial charge on any atom is 0.0490 e. The van der Waals surface area contributed by atoms with E-state index in [0.29, 0.717) is 0 Å². The van der Waals surface area contributed by atoms with Crippen molar-refractivity contribution >= 4 is 0 Å². The van der Waals surface area contributed by atoms with Crippen LogP contribution in [0.2, 0.25) is 0 Å². The Morgan fingerprint density at radius 1 is 1.31 bits per heavy atom. The highest BCUT2D eigenvalue weighted by Gasteiger charge is 2.09. The van der Waals surface area contributed by atoms with Gasteiger partial charge in [-0.3, -0.25) is 5.10 Å². The lowest BCUT2D eigenvalue weighted by Crippen LogP contribution is -2.31. The number of nitrogens with one attached hydrogen (secondary N) is 1. The van der Waals surface area contributed by atoms with Crippen molar-refractivity contribution in [2.24, 2.45) is 0 Å². The van der Waals surface area contributed by atoms with Gasteiger partial charge in [0.2, 0.25) is 0 Å². The van der Waals surface area contributed by atoms with E-state index >= 15 is 0 Å². The van der Waals surface area contributed by atoms with Crippen molar-refractivity contribution in [2.75, 3.05) is 19.6 Å². The van der Waals surface area contributed by atoms with E-state index in [4.69, 9.17) is 0 Å². The molecule has 1 aliphatic rings. The Hall–Kier alpha value is -0.830. The van der Waals surface area contributed by atoms with Gasteiger partial charge in [0.1, 0.15) is 0 Å². The normalized spacial score (nSPS) is 19.1. The summed E-state index contributed by atoms with van der Waals surface area (Å²) < 4.78 is 0. The summed E-state index contributed by atoms with van der Waals surface area (Å²) in [4.78, 5) is 2.55. The minimum atomic E-state index is 1.11. The van der Waals surface area contributed by atoms with Crippen LogP contribution in [0, 0.1) is 0 Å². The van der Waals surface area contributed by atoms with Crippen LogP contribution in [-0.2, 0) is 6.42 Å². The topological polar surface area (TPSA) is 31.9 Å². The second kappa shape index (κ2) is 4.42. The van der Waals surface area contributed by atoms with E-state index in [-0.39, 0.29) is 0 Å². The standard InChI is InChI=1S/C10H17N3/c1-2-7-13(8-3-1)9-5-10-4-6-11-12-10/h4,6H,1-3,5,7-9H2,(H,11,12). The number of aromatic nitrogens is 2. The second-order valence-corrected chi connectivity index (χ2v) is 3.73. The number of likely N-dealkylation sites (tertiary alicyclic amines) is 1. The highest BCUT2D eigenvalue weighted by atomic mass is 15.1. The molecule has 0 amide bonds. The van der Waals surface area contributed by atoms with Gasteiger partial charge in [-0.1, -0.05) is 6.42 Å². The molecule has 1 fully saturated rings. The number of hydrogen-bond acceptors (Lipinski definition) is 2. The van der Waals surface area contributed by atoms with Gasteiger partial charge in [0.25, 0.3) is 0 Å². The van der Waals surface area contributed by atoms with Crippen LogP contribution in [0.3, 0.4) is 0 Å². The molecule has 0 aromatic carbocycles. The van der Waals surface area contributed by atoms with Crippen LogP contribution in [0.25, 0.3) is 0 Å². The summed E-state index contributed by atoms with van der Waals surface area (Å²) in [6.07, 6.45) is 7.11. The van der Waals surface area contributed by atoms with Crippen molar-refractivity contribution in [3.8, 4) is 0 Å². The van der Waals surface area contributed by atoms with Gasteiger partial charge < -0.3 is 4.90 Å². The average Bonchev–Trinajstić information content (AvgIpc) is 2.69. The summed E-state index contributed by atoms with van der Waals surface area (Å²) in [7, 11) is 0. The molecule has 0 unspecified atom stereocenters. The molecule has 1 aliphatic heterocycles. The minimum absolute atomic E-state index is 1.11. The van der Waals surface area contributed by atoms with Crippen LogP contribution in [0.4, 0.5) is 0 Å². The fraction of sp³-hybridized carbons (Fsp3) is 0.700. The molecule has 2 rings (SSSR count). The predicted octanol–water partition coefficient (Wildman–Crippen LogP) is 1.44. The minimum Gasteiger partial charge on any atom is -0.303 e. The number of H-pyrrole nitrogens is 1. The van der Waals surface area contributed by atoms with Gasteiger partial charge in [-0.15, -0.1) is 0 Å². The molecule has 13 heavy (non-hydrogen) atoms. The van der Waals surface area contributed by atoms with E-state index in [0.717, 1.165) is 6.42 Å². The molecule has 1 aromatic rings. The van der Waals surface area contributed by atoms with Crippen molar-refractivity contribution < 1.29 is 0 Å². The van der Waals surface area contributed by atoms with Gasteiger partial charge in [0.15, 0.2) is 0 Å². The van der Waals surface area contributed by atoms with E-state index in [1.54, 1.807) is 0 Å². The highest BCUT2D eigenvalue weighted by molar-refractivity contribution is 4.97. The molecule has 1 aromatic heterocycles. The lowest BCUT2D eigenvalue weighted by Gasteiger charge is -2.25. The zero-order chi connectivity index (χ0) is 8.93. The molecule has 1 N–H and O–H groups in total. The van der Waals surface area contributed by atoms with E-state index in [9.17, 15) is 0 Å². The first-order valence-electron chi connectivity index (χ1n) is 5.16. The number of piperidine rings is 1. The molecule has 0 bridgehead atoms. The van der Waals surface area contributed by atoms with Gasteiger partial charge in [0, 0.05) is 24.9 Å². The van der Waals surface area contributed by atoms with Gasteiger partial charge in [0.05, 0.1) is 0 Å². The Kier molecular flexibility index (Phi) is 2.98. The van der Waals surface area contributed by atoms with E-state index in [2.05, 4.69) is 21.2 Å². The highest BCUT2D eigenvalue weighted by Crippen LogP contribution is 2.08. The molecule has 0 spiro atoms. The smallest absolute Gasteiger partial charge is 0.0490 e. The molecule has 0 radical (unpaired) electrons. The maximum atomic E-state index is 3.94. The van der Waals surface area contributed by atoms with E-state index in [1.807, 2.05) is 6.20 Å². The number of rotatable bonds is 3. The van der Waals surface area contributed by atoms with Crippen LogP contribution in [0.5, 0.6) is 0 Å². The zero-order valence-corrected chi connectivity index (χ0v) is 8.00. The van der Waals surface area contributed by atoms with Crippen LogP contribution in [-0.4, -0.2) is 34.7 Å². The molecule has 3 nitrogen and oxygen atoms in total. The molecule has 72 valence electrons. The zero-order valence-electron chi connectivity index (χ0n) is 8.00. The van der Waals surface area contributed by atoms with Crippen molar-refractivity contribution in [1.29, 1.82) is 0 Å². The fourth-order valence-corrected chi connectivity index (χ4v) is 1.89. The first-order valence-corrected chi connectivity index (χ1v) is 5.16. The van der Waals surface area contributed by atoms with Gasteiger partial charge in [-0.25, -0.2) is 0 Å². The molecule has 3 heteroatoms. The number of nitrogens with zero attached hydrogens (tertiary/aromatic N) is 2. The molecule has 0 aliphatic carbocycles. The third kappa shape index (κ3) is 2.56. The Morgan fingerprint density at radius 3 is 2.85 bits per heavy atom. The third-order valence-electron chi connectivity index (χ3n) is 2.70. The molecule has 0 saturated carbocycles. The van der Waals surface area contributed by atoms with Crippen LogP contribution >= 0.6 is 0 Å². The van der Waals surface area contributed by atoms with Gasteiger partial charge >= 0.3 is 0 Å². The van der Waals surface area contributed by atoms with Gasteiger partial charge in [-0.05, 0) is 32.0 Å². The second-order valence-electron chi connectivity index (χ2n) is 3.73. The Labute approximate surface area is 79.1 Å².